The Morgan fingerprint density at radius 1 is 1.56 bits per heavy atom. The number of aromatic nitrogens is 1. The molecule has 0 aliphatic rings. The summed E-state index contributed by atoms with van der Waals surface area (Å²) >= 11 is 0. The van der Waals surface area contributed by atoms with E-state index in [9.17, 15) is 18.0 Å². The first-order valence-electron chi connectivity index (χ1n) is 5.31. The van der Waals surface area contributed by atoms with Crippen molar-refractivity contribution in [1.82, 2.24) is 4.98 Å². The Kier molecular flexibility index (Phi) is 5.08. The van der Waals surface area contributed by atoms with Gasteiger partial charge in [-0.2, -0.15) is 4.39 Å². The molecule has 1 aromatic rings. The molecule has 1 aromatic heterocycles. The molecule has 0 aliphatic carbocycles. The number of alkyl halides is 2. The number of esters is 1. The molecule has 7 heteroatoms. The summed E-state index contributed by atoms with van der Waals surface area (Å²) in [6, 6.07) is 0.932. The second-order valence-electron chi connectivity index (χ2n) is 3.46. The van der Waals surface area contributed by atoms with E-state index in [1.54, 1.807) is 6.92 Å². The quantitative estimate of drug-likeness (QED) is 0.648. The molecule has 0 radical (unpaired) electrons. The molecular weight excluding hydrogens is 249 g/mol. The third kappa shape index (κ3) is 3.43. The zero-order valence-electron chi connectivity index (χ0n) is 9.75. The van der Waals surface area contributed by atoms with Gasteiger partial charge < -0.3 is 10.5 Å². The van der Waals surface area contributed by atoms with Crippen LogP contribution in [0.3, 0.4) is 0 Å². The summed E-state index contributed by atoms with van der Waals surface area (Å²) in [5, 5.41) is 0. The second kappa shape index (κ2) is 6.34. The van der Waals surface area contributed by atoms with Crippen LogP contribution in [-0.4, -0.2) is 17.6 Å². The van der Waals surface area contributed by atoms with Crippen molar-refractivity contribution in [2.75, 3.05) is 6.61 Å². The Hall–Kier alpha value is -1.63. The third-order valence-corrected chi connectivity index (χ3v) is 2.24. The molecule has 1 heterocycles. The van der Waals surface area contributed by atoms with E-state index in [1.165, 1.54) is 0 Å². The van der Waals surface area contributed by atoms with E-state index in [0.29, 0.717) is 0 Å². The summed E-state index contributed by atoms with van der Waals surface area (Å²) < 4.78 is 42.8. The lowest BCUT2D eigenvalue weighted by Gasteiger charge is -2.10. The second-order valence-corrected chi connectivity index (χ2v) is 3.46. The Morgan fingerprint density at radius 3 is 2.72 bits per heavy atom. The monoisotopic (exact) mass is 262 g/mol. The van der Waals surface area contributed by atoms with Gasteiger partial charge in [0.05, 0.1) is 24.3 Å². The van der Waals surface area contributed by atoms with Crippen LogP contribution in [0.25, 0.3) is 0 Å². The van der Waals surface area contributed by atoms with E-state index in [-0.39, 0.29) is 30.8 Å². The standard InChI is InChI=1S/C11H13F3N2O2/c1-2-18-9(17)4-8-6(5-15)3-7(10(12)13)11(14)16-8/h3,10H,2,4-5,15H2,1H3. The number of carbonyl (C=O) groups excluding carboxylic acids is 1. The Morgan fingerprint density at radius 2 is 2.22 bits per heavy atom. The van der Waals surface area contributed by atoms with Gasteiger partial charge in [0.2, 0.25) is 5.95 Å². The number of pyridine rings is 1. The highest BCUT2D eigenvalue weighted by molar-refractivity contribution is 5.72. The van der Waals surface area contributed by atoms with E-state index in [4.69, 9.17) is 5.73 Å². The summed E-state index contributed by atoms with van der Waals surface area (Å²) in [4.78, 5) is 14.6. The van der Waals surface area contributed by atoms with Gasteiger partial charge >= 0.3 is 5.97 Å². The van der Waals surface area contributed by atoms with Crippen molar-refractivity contribution in [2.24, 2.45) is 5.73 Å². The first-order valence-corrected chi connectivity index (χ1v) is 5.31. The van der Waals surface area contributed by atoms with Crippen LogP contribution < -0.4 is 5.73 Å². The molecule has 0 atom stereocenters. The van der Waals surface area contributed by atoms with E-state index in [1.807, 2.05) is 0 Å². The van der Waals surface area contributed by atoms with Crippen LogP contribution in [0.5, 0.6) is 0 Å². The maximum atomic E-state index is 13.3. The molecular formula is C11H13F3N2O2. The number of nitrogens with two attached hydrogens (primary N) is 1. The number of ether oxygens (including phenoxy) is 1. The van der Waals surface area contributed by atoms with Gasteiger partial charge in [0.25, 0.3) is 6.43 Å². The first kappa shape index (κ1) is 14.4. The van der Waals surface area contributed by atoms with Gasteiger partial charge in [0.15, 0.2) is 0 Å². The zero-order valence-corrected chi connectivity index (χ0v) is 9.75. The predicted molar refractivity (Wildman–Crippen MR) is 57.4 cm³/mol. The highest BCUT2D eigenvalue weighted by Crippen LogP contribution is 2.23. The van der Waals surface area contributed by atoms with Crippen LogP contribution >= 0.6 is 0 Å². The summed E-state index contributed by atoms with van der Waals surface area (Å²) in [6.45, 7) is 1.69. The Bertz CT molecular complexity index is 439. The lowest BCUT2D eigenvalue weighted by molar-refractivity contribution is -0.142. The minimum absolute atomic E-state index is 0.0258. The highest BCUT2D eigenvalue weighted by atomic mass is 19.3. The van der Waals surface area contributed by atoms with Crippen molar-refractivity contribution < 1.29 is 22.7 Å². The fourth-order valence-electron chi connectivity index (χ4n) is 1.42. The molecule has 4 nitrogen and oxygen atoms in total. The van der Waals surface area contributed by atoms with Crippen LogP contribution in [0.4, 0.5) is 13.2 Å². The lowest BCUT2D eigenvalue weighted by atomic mass is 10.1. The largest absolute Gasteiger partial charge is 0.466 e. The molecule has 0 aliphatic heterocycles. The minimum atomic E-state index is -2.97. The van der Waals surface area contributed by atoms with Gasteiger partial charge in [-0.25, -0.2) is 13.8 Å². The summed E-state index contributed by atoms with van der Waals surface area (Å²) in [7, 11) is 0. The van der Waals surface area contributed by atoms with Gasteiger partial charge in [-0.1, -0.05) is 0 Å². The zero-order chi connectivity index (χ0) is 13.7. The van der Waals surface area contributed by atoms with Crippen LogP contribution in [0.1, 0.15) is 30.2 Å². The van der Waals surface area contributed by atoms with Crippen LogP contribution in [0.2, 0.25) is 0 Å². The number of rotatable bonds is 5. The number of hydrogen-bond acceptors (Lipinski definition) is 4. The summed E-state index contributed by atoms with van der Waals surface area (Å²) in [5.41, 5.74) is 4.78. The van der Waals surface area contributed by atoms with E-state index < -0.39 is 23.9 Å². The molecule has 0 amide bonds. The molecule has 0 saturated heterocycles. The third-order valence-electron chi connectivity index (χ3n) is 2.24. The smallest absolute Gasteiger partial charge is 0.311 e. The molecule has 0 saturated carbocycles. The molecule has 0 spiro atoms. The van der Waals surface area contributed by atoms with E-state index >= 15 is 0 Å². The fourth-order valence-corrected chi connectivity index (χ4v) is 1.42. The predicted octanol–water partition coefficient (Wildman–Crippen LogP) is 1.72. The SMILES string of the molecule is CCOC(=O)Cc1nc(F)c(C(F)F)cc1CN. The van der Waals surface area contributed by atoms with Gasteiger partial charge in [0, 0.05) is 6.54 Å². The Labute approximate surface area is 102 Å². The molecule has 0 fully saturated rings. The molecule has 0 bridgehead atoms. The van der Waals surface area contributed by atoms with E-state index in [0.717, 1.165) is 6.07 Å². The fraction of sp³-hybridized carbons (Fsp3) is 0.455. The Balaban J connectivity index is 3.05. The maximum Gasteiger partial charge on any atom is 0.311 e. The van der Waals surface area contributed by atoms with Crippen molar-refractivity contribution in [3.8, 4) is 0 Å². The van der Waals surface area contributed by atoms with Crippen LogP contribution in [0, 0.1) is 5.95 Å². The number of nitrogens with zero attached hydrogens (tertiary/aromatic N) is 1. The molecule has 18 heavy (non-hydrogen) atoms. The van der Waals surface area contributed by atoms with Gasteiger partial charge in [-0.3, -0.25) is 4.79 Å². The highest BCUT2D eigenvalue weighted by Gasteiger charge is 2.19. The number of halogens is 3. The van der Waals surface area contributed by atoms with E-state index in [2.05, 4.69) is 9.72 Å². The van der Waals surface area contributed by atoms with Gasteiger partial charge in [-0.05, 0) is 18.6 Å². The van der Waals surface area contributed by atoms with Crippen molar-refractivity contribution in [3.05, 3.63) is 28.8 Å². The van der Waals surface area contributed by atoms with Crippen molar-refractivity contribution >= 4 is 5.97 Å². The van der Waals surface area contributed by atoms with Crippen LogP contribution in [-0.2, 0) is 22.5 Å². The molecule has 100 valence electrons. The van der Waals surface area contributed by atoms with Crippen molar-refractivity contribution in [1.29, 1.82) is 0 Å². The first-order chi connectivity index (χ1) is 8.49. The minimum Gasteiger partial charge on any atom is -0.466 e. The van der Waals surface area contributed by atoms with Crippen molar-refractivity contribution in [3.63, 3.8) is 0 Å². The summed E-state index contributed by atoms with van der Waals surface area (Å²) in [6.07, 6.45) is -3.26. The molecule has 1 rings (SSSR count). The molecule has 0 aromatic carbocycles. The number of carbonyl (C=O) groups is 1. The van der Waals surface area contributed by atoms with Crippen LogP contribution in [0.15, 0.2) is 6.07 Å². The average molecular weight is 262 g/mol. The van der Waals surface area contributed by atoms with Crippen molar-refractivity contribution in [2.45, 2.75) is 26.3 Å². The summed E-state index contributed by atoms with van der Waals surface area (Å²) in [5.74, 6) is -1.90. The number of hydrogen-bond donors (Lipinski definition) is 1. The normalized spacial score (nSPS) is 10.8. The lowest BCUT2D eigenvalue weighted by Crippen LogP contribution is -2.14. The topological polar surface area (TPSA) is 65.2 Å². The maximum absolute atomic E-state index is 13.3. The van der Waals surface area contributed by atoms with Gasteiger partial charge in [-0.15, -0.1) is 0 Å². The molecule has 2 N–H and O–H groups in total. The van der Waals surface area contributed by atoms with Gasteiger partial charge in [0.1, 0.15) is 0 Å². The average Bonchev–Trinajstić information content (AvgIpc) is 2.29. The molecule has 0 unspecified atom stereocenters.